The Hall–Kier alpha value is -3.42. The number of benzene rings is 2. The molecule has 1 amide bonds. The molecular weight excluding hydrogens is 487 g/mol. The molecule has 0 aliphatic carbocycles. The van der Waals surface area contributed by atoms with Crippen molar-refractivity contribution in [2.75, 3.05) is 31.1 Å². The highest BCUT2D eigenvalue weighted by atomic mass is 32.2. The Morgan fingerprint density at radius 1 is 1.20 bits per heavy atom. The number of hydrogen-bond acceptors (Lipinski definition) is 6. The van der Waals surface area contributed by atoms with Crippen LogP contribution in [-0.2, 0) is 22.5 Å². The van der Waals surface area contributed by atoms with E-state index >= 15 is 4.39 Å². The maximum absolute atomic E-state index is 15.1. The second-order valence-corrected chi connectivity index (χ2v) is 8.59. The number of nitrogens with one attached hydrogen (secondary N) is 2. The van der Waals surface area contributed by atoms with Crippen LogP contribution in [0.3, 0.4) is 0 Å². The number of carbonyl (C=O) groups is 2. The number of halogens is 3. The van der Waals surface area contributed by atoms with Gasteiger partial charge in [-0.25, -0.2) is 27.1 Å². The molecule has 2 heterocycles. The van der Waals surface area contributed by atoms with E-state index in [0.29, 0.717) is 30.5 Å². The first kappa shape index (κ1) is 24.7. The van der Waals surface area contributed by atoms with Crippen molar-refractivity contribution in [1.82, 2.24) is 20.0 Å². The molecule has 3 N–H and O–H groups in total. The molecule has 4 rings (SSSR count). The number of fused-ring (bicyclic) bond motifs is 1. The SMILES string of the molecule is O=C1CN(c2cnc3ccc(C(=O)c4c(F)c(F)cc(CCCNS(=O)O)c4F)cc3n2)CCN1. The molecule has 1 aliphatic rings. The Kier molecular flexibility index (Phi) is 7.38. The summed E-state index contributed by atoms with van der Waals surface area (Å²) in [6.45, 7) is 1.06. The summed E-state index contributed by atoms with van der Waals surface area (Å²) in [7, 11) is 0. The molecule has 1 aliphatic heterocycles. The predicted molar refractivity (Wildman–Crippen MR) is 122 cm³/mol. The Labute approximate surface area is 200 Å². The fraction of sp³-hybridized carbons (Fsp3) is 0.273. The fourth-order valence-corrected chi connectivity index (χ4v) is 4.07. The summed E-state index contributed by atoms with van der Waals surface area (Å²) in [5, 5.41) is 2.70. The fourth-order valence-electron chi connectivity index (χ4n) is 3.75. The van der Waals surface area contributed by atoms with E-state index in [4.69, 9.17) is 4.55 Å². The van der Waals surface area contributed by atoms with Gasteiger partial charge in [-0.15, -0.1) is 0 Å². The molecule has 35 heavy (non-hydrogen) atoms. The Bertz CT molecular complexity index is 1340. The van der Waals surface area contributed by atoms with E-state index in [-0.39, 0.29) is 48.5 Å². The topological polar surface area (TPSA) is 125 Å². The molecule has 1 atom stereocenters. The van der Waals surface area contributed by atoms with E-state index in [1.807, 2.05) is 0 Å². The van der Waals surface area contributed by atoms with E-state index in [2.05, 4.69) is 20.0 Å². The highest BCUT2D eigenvalue weighted by molar-refractivity contribution is 7.77. The molecule has 184 valence electrons. The second kappa shape index (κ2) is 10.5. The molecule has 0 saturated carbocycles. The molecule has 0 radical (unpaired) electrons. The van der Waals surface area contributed by atoms with E-state index in [9.17, 15) is 22.6 Å². The van der Waals surface area contributed by atoms with Gasteiger partial charge < -0.3 is 10.2 Å². The van der Waals surface area contributed by atoms with Crippen molar-refractivity contribution in [3.05, 3.63) is 64.6 Å². The van der Waals surface area contributed by atoms with Crippen LogP contribution >= 0.6 is 0 Å². The van der Waals surface area contributed by atoms with Gasteiger partial charge in [0.1, 0.15) is 11.6 Å². The smallest absolute Gasteiger partial charge is 0.239 e. The minimum atomic E-state index is -2.26. The first-order valence-corrected chi connectivity index (χ1v) is 11.7. The number of piperazine rings is 1. The van der Waals surface area contributed by atoms with Crippen LogP contribution in [0, 0.1) is 17.5 Å². The van der Waals surface area contributed by atoms with Gasteiger partial charge in [-0.05, 0) is 42.7 Å². The third-order valence-corrected chi connectivity index (χ3v) is 5.91. The van der Waals surface area contributed by atoms with Gasteiger partial charge in [-0.1, -0.05) is 0 Å². The summed E-state index contributed by atoms with van der Waals surface area (Å²) in [5.74, 6) is -5.02. The zero-order valence-corrected chi connectivity index (χ0v) is 19.0. The van der Waals surface area contributed by atoms with Gasteiger partial charge in [0, 0.05) is 25.2 Å². The molecular formula is C22H20F3N5O4S. The Morgan fingerprint density at radius 2 is 2.00 bits per heavy atom. The third-order valence-electron chi connectivity index (χ3n) is 5.46. The quantitative estimate of drug-likeness (QED) is 0.184. The number of aryl methyl sites for hydroxylation is 1. The average Bonchev–Trinajstić information content (AvgIpc) is 2.84. The van der Waals surface area contributed by atoms with Gasteiger partial charge in [-0.3, -0.25) is 19.1 Å². The van der Waals surface area contributed by atoms with Gasteiger partial charge in [0.25, 0.3) is 0 Å². The number of hydrogen-bond donors (Lipinski definition) is 3. The Morgan fingerprint density at radius 3 is 2.74 bits per heavy atom. The number of amides is 1. The van der Waals surface area contributed by atoms with Crippen LogP contribution in [0.25, 0.3) is 11.0 Å². The Balaban J connectivity index is 1.64. The molecule has 0 spiro atoms. The predicted octanol–water partition coefficient (Wildman–Crippen LogP) is 1.87. The lowest BCUT2D eigenvalue weighted by Crippen LogP contribution is -2.48. The maximum atomic E-state index is 15.1. The van der Waals surface area contributed by atoms with E-state index < -0.39 is 40.1 Å². The highest BCUT2D eigenvalue weighted by Crippen LogP contribution is 2.26. The van der Waals surface area contributed by atoms with Crippen molar-refractivity contribution in [2.24, 2.45) is 0 Å². The van der Waals surface area contributed by atoms with Crippen LogP contribution in [0.4, 0.5) is 19.0 Å². The maximum Gasteiger partial charge on any atom is 0.239 e. The van der Waals surface area contributed by atoms with Gasteiger partial charge in [-0.2, -0.15) is 0 Å². The first-order chi connectivity index (χ1) is 16.7. The molecule has 0 bridgehead atoms. The van der Waals surface area contributed by atoms with Crippen LogP contribution in [0.5, 0.6) is 0 Å². The zero-order chi connectivity index (χ0) is 25.1. The normalized spacial score (nSPS) is 14.7. The summed E-state index contributed by atoms with van der Waals surface area (Å²) in [4.78, 5) is 35.1. The van der Waals surface area contributed by atoms with Crippen molar-refractivity contribution < 1.29 is 31.5 Å². The number of rotatable bonds is 8. The van der Waals surface area contributed by atoms with Crippen molar-refractivity contribution in [1.29, 1.82) is 0 Å². The number of carbonyl (C=O) groups excluding carboxylic acids is 2. The summed E-state index contributed by atoms with van der Waals surface area (Å²) in [5.41, 5.74) is -0.702. The lowest BCUT2D eigenvalue weighted by molar-refractivity contribution is -0.120. The summed E-state index contributed by atoms with van der Waals surface area (Å²) < 4.78 is 65.4. The van der Waals surface area contributed by atoms with Gasteiger partial charge in [0.05, 0.1) is 29.3 Å². The van der Waals surface area contributed by atoms with Crippen LogP contribution in [-0.4, -0.2) is 56.6 Å². The van der Waals surface area contributed by atoms with Gasteiger partial charge in [0.15, 0.2) is 17.4 Å². The largest absolute Gasteiger partial charge is 0.353 e. The third kappa shape index (κ3) is 5.47. The molecule has 1 fully saturated rings. The monoisotopic (exact) mass is 507 g/mol. The van der Waals surface area contributed by atoms with Crippen LogP contribution < -0.4 is 14.9 Å². The van der Waals surface area contributed by atoms with Crippen LogP contribution in [0.1, 0.15) is 27.9 Å². The molecule has 1 unspecified atom stereocenters. The summed E-state index contributed by atoms with van der Waals surface area (Å²) in [6, 6.07) is 4.75. The zero-order valence-electron chi connectivity index (χ0n) is 18.2. The van der Waals surface area contributed by atoms with Crippen molar-refractivity contribution >= 4 is 39.8 Å². The molecule has 2 aromatic carbocycles. The molecule has 13 heteroatoms. The molecule has 9 nitrogen and oxygen atoms in total. The average molecular weight is 507 g/mol. The molecule has 1 saturated heterocycles. The lowest BCUT2D eigenvalue weighted by Gasteiger charge is -2.27. The number of ketones is 1. The minimum absolute atomic E-state index is 0.0230. The highest BCUT2D eigenvalue weighted by Gasteiger charge is 2.26. The van der Waals surface area contributed by atoms with Gasteiger partial charge >= 0.3 is 0 Å². The number of anilines is 1. The van der Waals surface area contributed by atoms with E-state index in [1.165, 1.54) is 24.4 Å². The number of aromatic nitrogens is 2. The van der Waals surface area contributed by atoms with Crippen molar-refractivity contribution in [3.8, 4) is 0 Å². The van der Waals surface area contributed by atoms with E-state index in [1.54, 1.807) is 4.90 Å². The summed E-state index contributed by atoms with van der Waals surface area (Å²) >= 11 is -2.26. The standard InChI is InChI=1S/C22H20F3N5O4S/c23-14-8-12(2-1-5-28-35(33)34)20(24)19(21(14)25)22(32)13-3-4-15-16(9-13)29-17(10-27-15)30-7-6-26-18(31)11-30/h3-4,8-10,28H,1-2,5-7,11H2,(H,26,31)(H,33,34). The van der Waals surface area contributed by atoms with Crippen LogP contribution in [0.15, 0.2) is 30.5 Å². The summed E-state index contributed by atoms with van der Waals surface area (Å²) in [6.07, 6.45) is 1.54. The van der Waals surface area contributed by atoms with Crippen LogP contribution in [0.2, 0.25) is 0 Å². The first-order valence-electron chi connectivity index (χ1n) is 10.6. The minimum Gasteiger partial charge on any atom is -0.353 e. The van der Waals surface area contributed by atoms with Gasteiger partial charge in [0.2, 0.25) is 17.2 Å². The van der Waals surface area contributed by atoms with Crippen molar-refractivity contribution in [2.45, 2.75) is 12.8 Å². The molecule has 1 aromatic heterocycles. The van der Waals surface area contributed by atoms with Crippen molar-refractivity contribution in [3.63, 3.8) is 0 Å². The second-order valence-electron chi connectivity index (χ2n) is 7.80. The number of nitrogens with zero attached hydrogens (tertiary/aromatic N) is 3. The van der Waals surface area contributed by atoms with E-state index in [0.717, 1.165) is 0 Å². The lowest BCUT2D eigenvalue weighted by atomic mass is 9.97. The molecule has 3 aromatic rings.